The molecule has 88 valence electrons. The summed E-state index contributed by atoms with van der Waals surface area (Å²) >= 11 is 0. The monoisotopic (exact) mass is 220 g/mol. The first-order valence-electron chi connectivity index (χ1n) is 5.82. The standard InChI is InChI=1S/C13H20N2O/c1-11-6-5-9-15(3)13(11,10-14)8-4-7-12(2)16/h6H,4-5,7-9H2,1-3H3. The molecule has 3 heteroatoms. The minimum atomic E-state index is -0.478. The van der Waals surface area contributed by atoms with E-state index in [1.807, 2.05) is 14.0 Å². The van der Waals surface area contributed by atoms with Crippen LogP contribution < -0.4 is 0 Å². The molecular formula is C13H20N2O. The Hall–Kier alpha value is -1.14. The average Bonchev–Trinajstić information content (AvgIpc) is 2.22. The molecule has 0 spiro atoms. The van der Waals surface area contributed by atoms with Crippen LogP contribution in [-0.2, 0) is 4.79 Å². The van der Waals surface area contributed by atoms with Gasteiger partial charge in [-0.25, -0.2) is 0 Å². The Morgan fingerprint density at radius 3 is 2.88 bits per heavy atom. The fourth-order valence-electron chi connectivity index (χ4n) is 2.35. The molecule has 3 nitrogen and oxygen atoms in total. The summed E-state index contributed by atoms with van der Waals surface area (Å²) in [5.74, 6) is 0.202. The maximum atomic E-state index is 10.9. The number of Topliss-reactive ketones (excluding diaryl/α,β-unsaturated/α-hetero) is 1. The van der Waals surface area contributed by atoms with Crippen molar-refractivity contribution in [3.8, 4) is 6.07 Å². The number of hydrogen-bond donors (Lipinski definition) is 0. The van der Waals surface area contributed by atoms with E-state index >= 15 is 0 Å². The van der Waals surface area contributed by atoms with E-state index in [1.165, 1.54) is 0 Å². The van der Waals surface area contributed by atoms with Gasteiger partial charge in [-0.2, -0.15) is 5.26 Å². The summed E-state index contributed by atoms with van der Waals surface area (Å²) in [6.07, 6.45) is 5.28. The van der Waals surface area contributed by atoms with E-state index in [-0.39, 0.29) is 5.78 Å². The molecule has 1 heterocycles. The van der Waals surface area contributed by atoms with Gasteiger partial charge in [0.05, 0.1) is 6.07 Å². The Kier molecular flexibility index (Phi) is 4.26. The third kappa shape index (κ3) is 2.51. The van der Waals surface area contributed by atoms with E-state index in [4.69, 9.17) is 0 Å². The fourth-order valence-corrected chi connectivity index (χ4v) is 2.35. The lowest BCUT2D eigenvalue weighted by molar-refractivity contribution is -0.117. The largest absolute Gasteiger partial charge is 0.300 e. The Bertz CT molecular complexity index is 340. The second-order valence-corrected chi connectivity index (χ2v) is 4.63. The van der Waals surface area contributed by atoms with Crippen molar-refractivity contribution in [2.75, 3.05) is 13.6 Å². The molecule has 0 saturated heterocycles. The third-order valence-electron chi connectivity index (χ3n) is 3.47. The highest BCUT2D eigenvalue weighted by Crippen LogP contribution is 2.32. The minimum Gasteiger partial charge on any atom is -0.300 e. The normalized spacial score (nSPS) is 26.0. The van der Waals surface area contributed by atoms with Crippen LogP contribution in [0.3, 0.4) is 0 Å². The van der Waals surface area contributed by atoms with Gasteiger partial charge < -0.3 is 4.79 Å². The van der Waals surface area contributed by atoms with Crippen LogP contribution in [0, 0.1) is 11.3 Å². The van der Waals surface area contributed by atoms with E-state index < -0.39 is 5.54 Å². The molecule has 0 aromatic carbocycles. The maximum Gasteiger partial charge on any atom is 0.130 e. The molecule has 0 aromatic heterocycles. The van der Waals surface area contributed by atoms with Crippen LogP contribution in [0.2, 0.25) is 0 Å². The number of rotatable bonds is 4. The summed E-state index contributed by atoms with van der Waals surface area (Å²) in [5.41, 5.74) is 0.653. The van der Waals surface area contributed by atoms with E-state index in [2.05, 4.69) is 17.0 Å². The molecule has 1 aliphatic rings. The quantitative estimate of drug-likeness (QED) is 0.683. The molecule has 0 amide bonds. The van der Waals surface area contributed by atoms with Crippen molar-refractivity contribution in [2.24, 2.45) is 0 Å². The van der Waals surface area contributed by atoms with Crippen LogP contribution in [0.1, 0.15) is 39.5 Å². The van der Waals surface area contributed by atoms with Gasteiger partial charge in [0.25, 0.3) is 0 Å². The minimum absolute atomic E-state index is 0.202. The molecule has 0 saturated carbocycles. The van der Waals surface area contributed by atoms with Gasteiger partial charge >= 0.3 is 0 Å². The van der Waals surface area contributed by atoms with Crippen LogP contribution in [0.5, 0.6) is 0 Å². The zero-order valence-corrected chi connectivity index (χ0v) is 10.4. The van der Waals surface area contributed by atoms with Gasteiger partial charge in [0.15, 0.2) is 0 Å². The van der Waals surface area contributed by atoms with Gasteiger partial charge in [-0.3, -0.25) is 4.90 Å². The molecule has 0 bridgehead atoms. The Labute approximate surface area is 97.7 Å². The summed E-state index contributed by atoms with van der Waals surface area (Å²) in [4.78, 5) is 13.0. The molecule has 16 heavy (non-hydrogen) atoms. The second kappa shape index (κ2) is 5.27. The lowest BCUT2D eigenvalue weighted by Gasteiger charge is -2.40. The maximum absolute atomic E-state index is 10.9. The van der Waals surface area contributed by atoms with E-state index in [0.717, 1.165) is 31.4 Å². The van der Waals surface area contributed by atoms with E-state index in [1.54, 1.807) is 6.92 Å². The van der Waals surface area contributed by atoms with Crippen LogP contribution in [0.25, 0.3) is 0 Å². The highest BCUT2D eigenvalue weighted by Gasteiger charge is 2.37. The Morgan fingerprint density at radius 1 is 1.69 bits per heavy atom. The van der Waals surface area contributed by atoms with Crippen molar-refractivity contribution in [3.63, 3.8) is 0 Å². The van der Waals surface area contributed by atoms with Crippen molar-refractivity contribution >= 4 is 5.78 Å². The van der Waals surface area contributed by atoms with E-state index in [9.17, 15) is 10.1 Å². The number of hydrogen-bond acceptors (Lipinski definition) is 3. The molecule has 0 aliphatic carbocycles. The smallest absolute Gasteiger partial charge is 0.130 e. The SMILES string of the molecule is CC(=O)CCCC1(C#N)C(C)=CCCN1C. The van der Waals surface area contributed by atoms with Crippen molar-refractivity contribution < 1.29 is 4.79 Å². The Morgan fingerprint density at radius 2 is 2.38 bits per heavy atom. The molecule has 0 aromatic rings. The van der Waals surface area contributed by atoms with Gasteiger partial charge in [-0.1, -0.05) is 6.08 Å². The van der Waals surface area contributed by atoms with Gasteiger partial charge in [0, 0.05) is 13.0 Å². The van der Waals surface area contributed by atoms with Crippen LogP contribution in [-0.4, -0.2) is 29.8 Å². The number of carbonyl (C=O) groups is 1. The molecule has 0 radical (unpaired) electrons. The second-order valence-electron chi connectivity index (χ2n) is 4.63. The van der Waals surface area contributed by atoms with Crippen LogP contribution in [0.4, 0.5) is 0 Å². The summed E-state index contributed by atoms with van der Waals surface area (Å²) in [5, 5.41) is 9.43. The molecule has 1 rings (SSSR count). The number of carbonyl (C=O) groups excluding carboxylic acids is 1. The highest BCUT2D eigenvalue weighted by atomic mass is 16.1. The average molecular weight is 220 g/mol. The first kappa shape index (κ1) is 12.9. The zero-order chi connectivity index (χ0) is 12.2. The lowest BCUT2D eigenvalue weighted by Crippen LogP contribution is -2.48. The molecular weight excluding hydrogens is 200 g/mol. The van der Waals surface area contributed by atoms with Crippen molar-refractivity contribution in [1.82, 2.24) is 4.90 Å². The molecule has 0 N–H and O–H groups in total. The zero-order valence-electron chi connectivity index (χ0n) is 10.4. The molecule has 1 atom stereocenters. The first-order chi connectivity index (χ1) is 7.53. The summed E-state index contributed by atoms with van der Waals surface area (Å²) in [6.45, 7) is 4.55. The highest BCUT2D eigenvalue weighted by molar-refractivity contribution is 5.75. The number of nitriles is 1. The molecule has 1 aliphatic heterocycles. The fraction of sp³-hybridized carbons (Fsp3) is 0.692. The predicted molar refractivity (Wildman–Crippen MR) is 63.9 cm³/mol. The summed E-state index contributed by atoms with van der Waals surface area (Å²) in [7, 11) is 1.99. The summed E-state index contributed by atoms with van der Waals surface area (Å²) in [6, 6.07) is 2.44. The third-order valence-corrected chi connectivity index (χ3v) is 3.47. The topological polar surface area (TPSA) is 44.1 Å². The Balaban J connectivity index is 2.76. The van der Waals surface area contributed by atoms with Gasteiger partial charge in [-0.15, -0.1) is 0 Å². The molecule has 0 fully saturated rings. The number of ketones is 1. The lowest BCUT2D eigenvalue weighted by atomic mass is 9.82. The van der Waals surface area contributed by atoms with Crippen molar-refractivity contribution in [1.29, 1.82) is 5.26 Å². The first-order valence-corrected chi connectivity index (χ1v) is 5.82. The number of likely N-dealkylation sites (N-methyl/N-ethyl adjacent to an activating group) is 1. The van der Waals surface area contributed by atoms with Crippen molar-refractivity contribution in [2.45, 2.75) is 45.1 Å². The molecule has 1 unspecified atom stereocenters. The van der Waals surface area contributed by atoms with E-state index in [0.29, 0.717) is 6.42 Å². The predicted octanol–water partition coefficient (Wildman–Crippen LogP) is 2.29. The van der Waals surface area contributed by atoms with Gasteiger partial charge in [0.1, 0.15) is 11.3 Å². The van der Waals surface area contributed by atoms with Gasteiger partial charge in [0.2, 0.25) is 0 Å². The summed E-state index contributed by atoms with van der Waals surface area (Å²) < 4.78 is 0. The van der Waals surface area contributed by atoms with Crippen molar-refractivity contribution in [3.05, 3.63) is 11.6 Å². The number of nitrogens with zero attached hydrogens (tertiary/aromatic N) is 2. The van der Waals surface area contributed by atoms with Crippen LogP contribution in [0.15, 0.2) is 11.6 Å². The van der Waals surface area contributed by atoms with Crippen LogP contribution >= 0.6 is 0 Å². The van der Waals surface area contributed by atoms with Gasteiger partial charge in [-0.05, 0) is 45.7 Å².